The number of nitrogens with zero attached hydrogens (tertiary/aromatic N) is 1. The van der Waals surface area contributed by atoms with Crippen LogP contribution in [0, 0.1) is 0 Å². The summed E-state index contributed by atoms with van der Waals surface area (Å²) in [6.07, 6.45) is 0. The maximum atomic E-state index is 11.9. The Hall–Kier alpha value is -1.18. The summed E-state index contributed by atoms with van der Waals surface area (Å²) in [6, 6.07) is -0.572. The van der Waals surface area contributed by atoms with Gasteiger partial charge in [-0.05, 0) is 6.92 Å². The van der Waals surface area contributed by atoms with Crippen molar-refractivity contribution < 1.29 is 23.8 Å². The average Bonchev–Trinajstić information content (AvgIpc) is 2.38. The molecule has 110 valence electrons. The van der Waals surface area contributed by atoms with Gasteiger partial charge >= 0.3 is 5.97 Å². The van der Waals surface area contributed by atoms with Gasteiger partial charge in [0.15, 0.2) is 0 Å². The lowest BCUT2D eigenvalue weighted by Gasteiger charge is -2.33. The second-order valence-electron chi connectivity index (χ2n) is 4.51. The smallest absolute Gasteiger partial charge is 0.325 e. The van der Waals surface area contributed by atoms with E-state index in [2.05, 4.69) is 5.32 Å². The number of carbonyl (C=O) groups is 2. The molecule has 1 rings (SSSR count). The summed E-state index contributed by atoms with van der Waals surface area (Å²) in [7, 11) is 2.91. The molecule has 19 heavy (non-hydrogen) atoms. The number of morpholine rings is 1. The molecule has 2 atom stereocenters. The van der Waals surface area contributed by atoms with E-state index >= 15 is 0 Å². The molecule has 1 fully saturated rings. The van der Waals surface area contributed by atoms with Gasteiger partial charge in [-0.25, -0.2) is 0 Å². The number of esters is 1. The Morgan fingerprint density at radius 2 is 2.21 bits per heavy atom. The number of hydrogen-bond acceptors (Lipinski definition) is 6. The molecule has 7 heteroatoms. The first-order valence-corrected chi connectivity index (χ1v) is 6.26. The molecule has 0 aliphatic carbocycles. The molecule has 7 nitrogen and oxygen atoms in total. The number of nitrogens with one attached hydrogen (secondary N) is 1. The second-order valence-corrected chi connectivity index (χ2v) is 4.51. The van der Waals surface area contributed by atoms with Gasteiger partial charge in [-0.15, -0.1) is 0 Å². The van der Waals surface area contributed by atoms with Gasteiger partial charge in [0.05, 0.1) is 33.5 Å². The molecule has 1 aliphatic heterocycles. The van der Waals surface area contributed by atoms with E-state index in [4.69, 9.17) is 14.2 Å². The molecule has 1 aliphatic rings. The molecule has 1 amide bonds. The van der Waals surface area contributed by atoms with Crippen LogP contribution < -0.4 is 5.32 Å². The van der Waals surface area contributed by atoms with Crippen LogP contribution in [-0.4, -0.2) is 76.0 Å². The van der Waals surface area contributed by atoms with E-state index < -0.39 is 6.04 Å². The Kier molecular flexibility index (Phi) is 6.75. The van der Waals surface area contributed by atoms with Gasteiger partial charge in [0.25, 0.3) is 0 Å². The Morgan fingerprint density at radius 3 is 2.84 bits per heavy atom. The summed E-state index contributed by atoms with van der Waals surface area (Å²) in [5, 5.41) is 2.81. The van der Waals surface area contributed by atoms with Gasteiger partial charge in [-0.1, -0.05) is 0 Å². The fourth-order valence-corrected chi connectivity index (χ4v) is 1.98. The molecule has 0 spiro atoms. The third kappa shape index (κ3) is 5.14. The zero-order valence-electron chi connectivity index (χ0n) is 11.7. The Labute approximate surface area is 113 Å². The van der Waals surface area contributed by atoms with E-state index in [0.717, 1.165) is 0 Å². The number of ether oxygens (including phenoxy) is 3. The Bertz CT molecular complexity index is 310. The number of hydrogen-bond donors (Lipinski definition) is 1. The molecule has 0 aromatic heterocycles. The Morgan fingerprint density at radius 1 is 1.47 bits per heavy atom. The van der Waals surface area contributed by atoms with Crippen molar-refractivity contribution in [3.05, 3.63) is 0 Å². The highest BCUT2D eigenvalue weighted by Crippen LogP contribution is 2.08. The largest absolute Gasteiger partial charge is 0.468 e. The molecular weight excluding hydrogens is 252 g/mol. The lowest BCUT2D eigenvalue weighted by Crippen LogP contribution is -2.54. The van der Waals surface area contributed by atoms with Gasteiger partial charge in [0.1, 0.15) is 6.04 Å². The van der Waals surface area contributed by atoms with Crippen LogP contribution in [0.25, 0.3) is 0 Å². The van der Waals surface area contributed by atoms with E-state index in [1.54, 1.807) is 12.0 Å². The lowest BCUT2D eigenvalue weighted by molar-refractivity contribution is -0.154. The molecule has 1 saturated heterocycles. The second kappa shape index (κ2) is 8.08. The number of carbonyl (C=O) groups excluding carboxylic acids is 2. The van der Waals surface area contributed by atoms with Crippen molar-refractivity contribution in [3.63, 3.8) is 0 Å². The molecule has 2 unspecified atom stereocenters. The molecule has 0 aromatic carbocycles. The van der Waals surface area contributed by atoms with Crippen molar-refractivity contribution in [3.8, 4) is 0 Å². The van der Waals surface area contributed by atoms with Gasteiger partial charge in [0.2, 0.25) is 5.91 Å². The van der Waals surface area contributed by atoms with Crippen LogP contribution >= 0.6 is 0 Å². The molecule has 0 aromatic rings. The summed E-state index contributed by atoms with van der Waals surface area (Å²) in [4.78, 5) is 25.2. The summed E-state index contributed by atoms with van der Waals surface area (Å²) in [6.45, 7) is 3.76. The highest BCUT2D eigenvalue weighted by atomic mass is 16.5. The van der Waals surface area contributed by atoms with Gasteiger partial charge in [-0.2, -0.15) is 0 Å². The molecule has 1 N–H and O–H groups in total. The van der Waals surface area contributed by atoms with Gasteiger partial charge in [0, 0.05) is 19.7 Å². The quantitative estimate of drug-likeness (QED) is 0.627. The minimum absolute atomic E-state index is 0.0601. The van der Waals surface area contributed by atoms with Crippen LogP contribution in [-0.2, 0) is 23.8 Å². The van der Waals surface area contributed by atoms with Crippen molar-refractivity contribution in [1.82, 2.24) is 10.2 Å². The highest BCUT2D eigenvalue weighted by Gasteiger charge is 2.31. The van der Waals surface area contributed by atoms with Crippen LogP contribution in [0.2, 0.25) is 0 Å². The zero-order valence-corrected chi connectivity index (χ0v) is 11.7. The van der Waals surface area contributed by atoms with Crippen molar-refractivity contribution >= 4 is 11.9 Å². The SMILES string of the molecule is COCC(C)NC(=O)CN1CCOCC1C(=O)OC. The maximum Gasteiger partial charge on any atom is 0.325 e. The topological polar surface area (TPSA) is 77.1 Å². The predicted molar refractivity (Wildman–Crippen MR) is 67.7 cm³/mol. The molecule has 1 heterocycles. The van der Waals surface area contributed by atoms with Crippen molar-refractivity contribution in [1.29, 1.82) is 0 Å². The van der Waals surface area contributed by atoms with E-state index in [9.17, 15) is 9.59 Å². The summed E-state index contributed by atoms with van der Waals surface area (Å²) in [5.41, 5.74) is 0. The average molecular weight is 274 g/mol. The standard InChI is InChI=1S/C12H22N2O5/c1-9(7-17-2)13-11(15)6-14-4-5-19-8-10(14)12(16)18-3/h9-10H,4-8H2,1-3H3,(H,13,15). The fraction of sp³-hybridized carbons (Fsp3) is 0.833. The molecule has 0 saturated carbocycles. The number of rotatable bonds is 6. The predicted octanol–water partition coefficient (Wildman–Crippen LogP) is -0.989. The van der Waals surface area contributed by atoms with Crippen molar-refractivity contribution in [2.24, 2.45) is 0 Å². The van der Waals surface area contributed by atoms with Crippen LogP contribution in [0.4, 0.5) is 0 Å². The summed E-state index contributed by atoms with van der Waals surface area (Å²) >= 11 is 0. The number of amides is 1. The first-order valence-electron chi connectivity index (χ1n) is 6.26. The number of methoxy groups -OCH3 is 2. The first kappa shape index (κ1) is 15.9. The summed E-state index contributed by atoms with van der Waals surface area (Å²) < 4.78 is 14.9. The molecule has 0 radical (unpaired) electrons. The fourth-order valence-electron chi connectivity index (χ4n) is 1.98. The third-order valence-corrected chi connectivity index (χ3v) is 2.88. The minimum Gasteiger partial charge on any atom is -0.468 e. The van der Waals surface area contributed by atoms with Crippen LogP contribution in [0.3, 0.4) is 0 Å². The normalized spacial score (nSPS) is 21.7. The van der Waals surface area contributed by atoms with Crippen molar-refractivity contribution in [2.45, 2.75) is 19.0 Å². The monoisotopic (exact) mass is 274 g/mol. The van der Waals surface area contributed by atoms with Crippen LogP contribution in [0.1, 0.15) is 6.92 Å². The lowest BCUT2D eigenvalue weighted by atomic mass is 10.2. The van der Waals surface area contributed by atoms with Gasteiger partial charge < -0.3 is 19.5 Å². The molecule has 0 bridgehead atoms. The van der Waals surface area contributed by atoms with E-state index in [1.807, 2.05) is 6.92 Å². The van der Waals surface area contributed by atoms with E-state index in [-0.39, 0.29) is 31.1 Å². The Balaban J connectivity index is 2.48. The summed E-state index contributed by atoms with van der Waals surface area (Å²) in [5.74, 6) is -0.516. The van der Waals surface area contributed by atoms with Crippen LogP contribution in [0.15, 0.2) is 0 Å². The maximum absolute atomic E-state index is 11.9. The van der Waals surface area contributed by atoms with Gasteiger partial charge in [-0.3, -0.25) is 14.5 Å². The van der Waals surface area contributed by atoms with E-state index in [1.165, 1.54) is 7.11 Å². The van der Waals surface area contributed by atoms with Crippen LogP contribution in [0.5, 0.6) is 0 Å². The highest BCUT2D eigenvalue weighted by molar-refractivity contribution is 5.80. The minimum atomic E-state index is -0.512. The first-order chi connectivity index (χ1) is 9.08. The molecular formula is C12H22N2O5. The van der Waals surface area contributed by atoms with E-state index in [0.29, 0.717) is 19.8 Å². The zero-order chi connectivity index (χ0) is 14.3. The third-order valence-electron chi connectivity index (χ3n) is 2.88. The van der Waals surface area contributed by atoms with Crippen molar-refractivity contribution in [2.75, 3.05) is 47.1 Å².